The normalized spacial score (nSPS) is 9.78. The number of anilines is 1. The van der Waals surface area contributed by atoms with Gasteiger partial charge in [0, 0.05) is 17.7 Å². The summed E-state index contributed by atoms with van der Waals surface area (Å²) < 4.78 is 0. The van der Waals surface area contributed by atoms with E-state index in [2.05, 4.69) is 17.2 Å². The smallest absolute Gasteiger partial charge is 0.238 e. The Labute approximate surface area is 108 Å². The van der Waals surface area contributed by atoms with Crippen LogP contribution in [-0.4, -0.2) is 43.2 Å². The van der Waals surface area contributed by atoms with Crippen molar-refractivity contribution >= 4 is 11.6 Å². The first-order valence-corrected chi connectivity index (χ1v) is 5.76. The number of carbonyl (C=O) groups excluding carboxylic acids is 1. The molecular formula is C14H18N2O2. The van der Waals surface area contributed by atoms with Crippen LogP contribution in [0.3, 0.4) is 0 Å². The lowest BCUT2D eigenvalue weighted by atomic mass is 10.2. The molecule has 2 N–H and O–H groups in total. The van der Waals surface area contributed by atoms with Crippen LogP contribution in [0, 0.1) is 11.8 Å². The van der Waals surface area contributed by atoms with Gasteiger partial charge in [0.05, 0.1) is 13.2 Å². The van der Waals surface area contributed by atoms with Crippen LogP contribution in [0.25, 0.3) is 0 Å². The average molecular weight is 246 g/mol. The Morgan fingerprint density at radius 3 is 2.56 bits per heavy atom. The predicted molar refractivity (Wildman–Crippen MR) is 72.2 cm³/mol. The molecule has 0 unspecified atom stereocenters. The van der Waals surface area contributed by atoms with Gasteiger partial charge in [-0.1, -0.05) is 11.8 Å². The molecule has 1 aromatic rings. The van der Waals surface area contributed by atoms with Gasteiger partial charge >= 0.3 is 0 Å². The van der Waals surface area contributed by atoms with Gasteiger partial charge in [-0.2, -0.15) is 0 Å². The Hall–Kier alpha value is -1.83. The van der Waals surface area contributed by atoms with Crippen molar-refractivity contribution in [1.29, 1.82) is 0 Å². The van der Waals surface area contributed by atoms with Gasteiger partial charge in [0.15, 0.2) is 0 Å². The van der Waals surface area contributed by atoms with Gasteiger partial charge in [-0.05, 0) is 38.4 Å². The lowest BCUT2D eigenvalue weighted by molar-refractivity contribution is -0.116. The number of likely N-dealkylation sites (N-methyl/N-ethyl adjacent to an activating group) is 1. The molecule has 1 rings (SSSR count). The molecule has 0 aromatic heterocycles. The largest absolute Gasteiger partial charge is 0.395 e. The lowest BCUT2D eigenvalue weighted by Gasteiger charge is -2.09. The van der Waals surface area contributed by atoms with Crippen LogP contribution in [0.15, 0.2) is 24.3 Å². The fourth-order valence-electron chi connectivity index (χ4n) is 1.35. The van der Waals surface area contributed by atoms with E-state index in [1.54, 1.807) is 0 Å². The van der Waals surface area contributed by atoms with E-state index in [1.807, 2.05) is 43.3 Å². The molecule has 96 valence electrons. The molecule has 0 atom stereocenters. The van der Waals surface area contributed by atoms with E-state index in [-0.39, 0.29) is 12.5 Å². The summed E-state index contributed by atoms with van der Waals surface area (Å²) in [6.45, 7) is 0.434. The molecule has 0 heterocycles. The molecule has 0 bridgehead atoms. The van der Waals surface area contributed by atoms with E-state index in [0.29, 0.717) is 13.0 Å². The summed E-state index contributed by atoms with van der Waals surface area (Å²) in [5.74, 6) is 5.73. The standard InChI is InChI=1S/C14H18N2O2/c1-16(2)11-14(18)15-13-8-6-12(7-9-13)5-3-4-10-17/h6-9,17H,4,10-11H2,1-2H3,(H,15,18). The minimum atomic E-state index is -0.0425. The number of hydrogen-bond acceptors (Lipinski definition) is 3. The summed E-state index contributed by atoms with van der Waals surface area (Å²) in [5, 5.41) is 11.4. The van der Waals surface area contributed by atoms with Crippen molar-refractivity contribution in [2.24, 2.45) is 0 Å². The fraction of sp³-hybridized carbons (Fsp3) is 0.357. The van der Waals surface area contributed by atoms with E-state index < -0.39 is 0 Å². The molecule has 4 nitrogen and oxygen atoms in total. The number of benzene rings is 1. The highest BCUT2D eigenvalue weighted by Gasteiger charge is 2.02. The van der Waals surface area contributed by atoms with Gasteiger partial charge in [0.1, 0.15) is 0 Å². The van der Waals surface area contributed by atoms with Crippen LogP contribution in [0.2, 0.25) is 0 Å². The molecule has 18 heavy (non-hydrogen) atoms. The van der Waals surface area contributed by atoms with Crippen LogP contribution >= 0.6 is 0 Å². The van der Waals surface area contributed by atoms with E-state index in [1.165, 1.54) is 0 Å². The van der Waals surface area contributed by atoms with Crippen LogP contribution in [-0.2, 0) is 4.79 Å². The number of nitrogens with one attached hydrogen (secondary N) is 1. The van der Waals surface area contributed by atoms with Crippen molar-refractivity contribution in [3.05, 3.63) is 29.8 Å². The topological polar surface area (TPSA) is 52.6 Å². The fourth-order valence-corrected chi connectivity index (χ4v) is 1.35. The highest BCUT2D eigenvalue weighted by atomic mass is 16.2. The van der Waals surface area contributed by atoms with Crippen molar-refractivity contribution < 1.29 is 9.90 Å². The number of nitrogens with zero attached hydrogens (tertiary/aromatic N) is 1. The molecule has 0 aliphatic rings. The Bertz CT molecular complexity index is 441. The average Bonchev–Trinajstić information content (AvgIpc) is 2.30. The van der Waals surface area contributed by atoms with Gasteiger partial charge in [-0.25, -0.2) is 0 Å². The minimum Gasteiger partial charge on any atom is -0.395 e. The SMILES string of the molecule is CN(C)CC(=O)Nc1ccc(C#CCCO)cc1. The maximum Gasteiger partial charge on any atom is 0.238 e. The minimum absolute atomic E-state index is 0.0425. The van der Waals surface area contributed by atoms with Crippen molar-refractivity contribution in [1.82, 2.24) is 4.90 Å². The third kappa shape index (κ3) is 5.48. The number of hydrogen-bond donors (Lipinski definition) is 2. The Morgan fingerprint density at radius 2 is 2.00 bits per heavy atom. The molecule has 0 saturated carbocycles. The van der Waals surface area contributed by atoms with E-state index >= 15 is 0 Å². The summed E-state index contributed by atoms with van der Waals surface area (Å²) in [6, 6.07) is 7.32. The van der Waals surface area contributed by atoms with Crippen LogP contribution in [0.1, 0.15) is 12.0 Å². The highest BCUT2D eigenvalue weighted by Crippen LogP contribution is 2.08. The summed E-state index contributed by atoms with van der Waals surface area (Å²) in [7, 11) is 3.69. The van der Waals surface area contributed by atoms with Crippen LogP contribution in [0.5, 0.6) is 0 Å². The summed E-state index contributed by atoms with van der Waals surface area (Å²) in [5.41, 5.74) is 1.63. The number of aliphatic hydroxyl groups is 1. The van der Waals surface area contributed by atoms with Crippen LogP contribution < -0.4 is 5.32 Å². The van der Waals surface area contributed by atoms with Gasteiger partial charge in [-0.3, -0.25) is 4.79 Å². The summed E-state index contributed by atoms with van der Waals surface area (Å²) >= 11 is 0. The molecule has 0 fully saturated rings. The first-order valence-electron chi connectivity index (χ1n) is 5.76. The molecule has 1 aromatic carbocycles. The second kappa shape index (κ2) is 7.49. The molecular weight excluding hydrogens is 228 g/mol. The Morgan fingerprint density at radius 1 is 1.33 bits per heavy atom. The zero-order valence-corrected chi connectivity index (χ0v) is 10.7. The van der Waals surface area contributed by atoms with Crippen molar-refractivity contribution in [3.63, 3.8) is 0 Å². The molecule has 0 radical (unpaired) electrons. The zero-order chi connectivity index (χ0) is 13.4. The molecule has 4 heteroatoms. The Balaban J connectivity index is 2.56. The van der Waals surface area contributed by atoms with E-state index in [0.717, 1.165) is 11.3 Å². The van der Waals surface area contributed by atoms with E-state index in [4.69, 9.17) is 5.11 Å². The molecule has 0 aliphatic heterocycles. The van der Waals surface area contributed by atoms with Gasteiger partial charge < -0.3 is 15.3 Å². The Kier molecular flexibility index (Phi) is 5.92. The monoisotopic (exact) mass is 246 g/mol. The van der Waals surface area contributed by atoms with E-state index in [9.17, 15) is 4.79 Å². The lowest BCUT2D eigenvalue weighted by Crippen LogP contribution is -2.27. The number of rotatable bonds is 4. The van der Waals surface area contributed by atoms with Gasteiger partial charge in [0.25, 0.3) is 0 Å². The maximum atomic E-state index is 11.5. The van der Waals surface area contributed by atoms with Crippen LogP contribution in [0.4, 0.5) is 5.69 Å². The first kappa shape index (κ1) is 14.2. The maximum absolute atomic E-state index is 11.5. The number of aliphatic hydroxyl groups excluding tert-OH is 1. The predicted octanol–water partition coefficient (Wildman–Crippen LogP) is 0.921. The third-order valence-electron chi connectivity index (χ3n) is 2.10. The number of amides is 1. The summed E-state index contributed by atoms with van der Waals surface area (Å²) in [6.07, 6.45) is 0.474. The second-order valence-corrected chi connectivity index (χ2v) is 4.14. The first-order chi connectivity index (χ1) is 8.61. The molecule has 1 amide bonds. The van der Waals surface area contributed by atoms with Gasteiger partial charge in [0.2, 0.25) is 5.91 Å². The number of carbonyl (C=O) groups is 1. The second-order valence-electron chi connectivity index (χ2n) is 4.14. The summed E-state index contributed by atoms with van der Waals surface area (Å²) in [4.78, 5) is 13.3. The molecule has 0 saturated heterocycles. The quantitative estimate of drug-likeness (QED) is 0.777. The van der Waals surface area contributed by atoms with Crippen molar-refractivity contribution in [3.8, 4) is 11.8 Å². The molecule has 0 spiro atoms. The third-order valence-corrected chi connectivity index (χ3v) is 2.10. The van der Waals surface area contributed by atoms with Crippen molar-refractivity contribution in [2.45, 2.75) is 6.42 Å². The van der Waals surface area contributed by atoms with Crippen molar-refractivity contribution in [2.75, 3.05) is 32.6 Å². The molecule has 0 aliphatic carbocycles. The zero-order valence-electron chi connectivity index (χ0n) is 10.7. The van der Waals surface area contributed by atoms with Gasteiger partial charge in [-0.15, -0.1) is 0 Å². The highest BCUT2D eigenvalue weighted by molar-refractivity contribution is 5.92.